The van der Waals surface area contributed by atoms with Crippen LogP contribution >= 0.6 is 0 Å². The highest BCUT2D eigenvalue weighted by atomic mass is 16.5. The van der Waals surface area contributed by atoms with E-state index in [2.05, 4.69) is 15.4 Å². The molecule has 4 aromatic rings. The zero-order valence-corrected chi connectivity index (χ0v) is 16.4. The molecule has 6 heteroatoms. The Morgan fingerprint density at radius 1 is 0.867 bits per heavy atom. The van der Waals surface area contributed by atoms with Crippen molar-refractivity contribution in [3.05, 3.63) is 114 Å². The van der Waals surface area contributed by atoms with Gasteiger partial charge >= 0.3 is 0 Å². The molecule has 0 saturated heterocycles. The van der Waals surface area contributed by atoms with Crippen LogP contribution in [0.1, 0.15) is 27.0 Å². The summed E-state index contributed by atoms with van der Waals surface area (Å²) >= 11 is 0. The quantitative estimate of drug-likeness (QED) is 0.490. The molecule has 0 bridgehead atoms. The van der Waals surface area contributed by atoms with Crippen LogP contribution in [0.15, 0.2) is 91.5 Å². The number of para-hydroxylation sites is 1. The molecule has 30 heavy (non-hydrogen) atoms. The minimum Gasteiger partial charge on any atom is -0.489 e. The molecule has 1 N–H and O–H groups in total. The Morgan fingerprint density at radius 2 is 1.57 bits per heavy atom. The number of nitrogens with one attached hydrogen (secondary N) is 1. The first-order chi connectivity index (χ1) is 14.8. The minimum absolute atomic E-state index is 0.0998. The number of ether oxygens (including phenoxy) is 1. The second-order valence-corrected chi connectivity index (χ2v) is 6.89. The molecule has 1 heterocycles. The van der Waals surface area contributed by atoms with Gasteiger partial charge in [0.05, 0.1) is 6.54 Å². The first-order valence-corrected chi connectivity index (χ1v) is 9.71. The van der Waals surface area contributed by atoms with E-state index in [1.54, 1.807) is 11.0 Å². The molecule has 0 spiro atoms. The van der Waals surface area contributed by atoms with E-state index in [1.807, 2.05) is 78.9 Å². The van der Waals surface area contributed by atoms with E-state index in [0.717, 1.165) is 22.4 Å². The summed E-state index contributed by atoms with van der Waals surface area (Å²) in [6.07, 6.45) is 3.21. The molecule has 0 atom stereocenters. The van der Waals surface area contributed by atoms with Crippen LogP contribution in [0.5, 0.6) is 5.75 Å². The summed E-state index contributed by atoms with van der Waals surface area (Å²) in [4.78, 5) is 16.4. The van der Waals surface area contributed by atoms with Crippen LogP contribution in [0.2, 0.25) is 0 Å². The number of amides is 1. The van der Waals surface area contributed by atoms with Gasteiger partial charge in [-0.05, 0) is 41.0 Å². The van der Waals surface area contributed by atoms with Gasteiger partial charge in [0, 0.05) is 12.1 Å². The van der Waals surface area contributed by atoms with Crippen molar-refractivity contribution in [3.8, 4) is 5.75 Å². The van der Waals surface area contributed by atoms with Gasteiger partial charge < -0.3 is 10.1 Å². The van der Waals surface area contributed by atoms with Crippen molar-refractivity contribution in [1.29, 1.82) is 0 Å². The van der Waals surface area contributed by atoms with Gasteiger partial charge in [0.2, 0.25) is 0 Å². The average molecular weight is 398 g/mol. The van der Waals surface area contributed by atoms with Crippen molar-refractivity contribution < 1.29 is 9.53 Å². The lowest BCUT2D eigenvalue weighted by Gasteiger charge is -2.09. The van der Waals surface area contributed by atoms with E-state index >= 15 is 0 Å². The van der Waals surface area contributed by atoms with E-state index in [4.69, 9.17) is 4.74 Å². The molecule has 6 nitrogen and oxygen atoms in total. The van der Waals surface area contributed by atoms with E-state index in [0.29, 0.717) is 25.3 Å². The maximum Gasteiger partial charge on any atom is 0.251 e. The third kappa shape index (κ3) is 5.32. The first-order valence-electron chi connectivity index (χ1n) is 9.71. The fourth-order valence-electron chi connectivity index (χ4n) is 2.98. The molecule has 1 amide bonds. The van der Waals surface area contributed by atoms with Gasteiger partial charge in [0.15, 0.2) is 0 Å². The van der Waals surface area contributed by atoms with Crippen LogP contribution in [0.25, 0.3) is 0 Å². The number of rotatable bonds is 8. The van der Waals surface area contributed by atoms with Crippen LogP contribution in [0.3, 0.4) is 0 Å². The summed E-state index contributed by atoms with van der Waals surface area (Å²) in [5.74, 6) is 0.726. The van der Waals surface area contributed by atoms with Crippen LogP contribution < -0.4 is 10.1 Å². The number of hydrogen-bond acceptors (Lipinski definition) is 4. The Bertz CT molecular complexity index is 1060. The standard InChI is InChI=1S/C24H22N4O2/c29-24(22-12-10-21(11-13-22)16-30-23-4-2-1-3-5-23)26-14-19-6-8-20(9-7-19)15-28-18-25-17-27-28/h1-13,17-18H,14-16H2,(H,26,29). The van der Waals surface area contributed by atoms with Crippen LogP contribution in [-0.2, 0) is 19.7 Å². The third-order valence-electron chi connectivity index (χ3n) is 4.65. The molecule has 1 aromatic heterocycles. The topological polar surface area (TPSA) is 69.0 Å². The molecule has 0 unspecified atom stereocenters. The zero-order chi connectivity index (χ0) is 20.6. The Kier molecular flexibility index (Phi) is 6.15. The highest BCUT2D eigenvalue weighted by molar-refractivity contribution is 5.94. The normalized spacial score (nSPS) is 10.5. The van der Waals surface area contributed by atoms with E-state index in [9.17, 15) is 4.79 Å². The van der Waals surface area contributed by atoms with Gasteiger partial charge in [-0.3, -0.25) is 4.79 Å². The molecule has 3 aromatic carbocycles. The van der Waals surface area contributed by atoms with E-state index < -0.39 is 0 Å². The van der Waals surface area contributed by atoms with Gasteiger partial charge in [0.1, 0.15) is 25.0 Å². The second-order valence-electron chi connectivity index (χ2n) is 6.89. The van der Waals surface area contributed by atoms with Crippen LogP contribution in [0.4, 0.5) is 0 Å². The van der Waals surface area contributed by atoms with E-state index in [1.165, 1.54) is 6.33 Å². The molecule has 0 aliphatic heterocycles. The van der Waals surface area contributed by atoms with Gasteiger partial charge in [-0.2, -0.15) is 5.10 Å². The van der Waals surface area contributed by atoms with Gasteiger partial charge in [-0.1, -0.05) is 54.6 Å². The molecule has 0 fully saturated rings. The van der Waals surface area contributed by atoms with Crippen molar-refractivity contribution >= 4 is 5.91 Å². The first kappa shape index (κ1) is 19.4. The summed E-state index contributed by atoms with van der Waals surface area (Å²) in [7, 11) is 0. The van der Waals surface area contributed by atoms with Crippen LogP contribution in [0, 0.1) is 0 Å². The number of carbonyl (C=O) groups excluding carboxylic acids is 1. The molecular weight excluding hydrogens is 376 g/mol. The maximum absolute atomic E-state index is 12.4. The van der Waals surface area contributed by atoms with Crippen LogP contribution in [-0.4, -0.2) is 20.7 Å². The monoisotopic (exact) mass is 398 g/mol. The molecule has 4 rings (SSSR count). The zero-order valence-electron chi connectivity index (χ0n) is 16.4. The maximum atomic E-state index is 12.4. The van der Waals surface area contributed by atoms with Gasteiger partial charge in [-0.15, -0.1) is 0 Å². The fraction of sp³-hybridized carbons (Fsp3) is 0.125. The lowest BCUT2D eigenvalue weighted by Crippen LogP contribution is -2.22. The molecule has 150 valence electrons. The predicted octanol–water partition coefficient (Wildman–Crippen LogP) is 3.84. The van der Waals surface area contributed by atoms with Gasteiger partial charge in [0.25, 0.3) is 5.91 Å². The highest BCUT2D eigenvalue weighted by Gasteiger charge is 2.06. The van der Waals surface area contributed by atoms with Crippen molar-refractivity contribution in [2.24, 2.45) is 0 Å². The van der Waals surface area contributed by atoms with E-state index in [-0.39, 0.29) is 5.91 Å². The fourth-order valence-corrected chi connectivity index (χ4v) is 2.98. The lowest BCUT2D eigenvalue weighted by molar-refractivity contribution is 0.0951. The predicted molar refractivity (Wildman–Crippen MR) is 114 cm³/mol. The average Bonchev–Trinajstić information content (AvgIpc) is 3.31. The Hall–Kier alpha value is -3.93. The minimum atomic E-state index is -0.0998. The summed E-state index contributed by atoms with van der Waals surface area (Å²) in [5, 5.41) is 7.06. The summed E-state index contributed by atoms with van der Waals surface area (Å²) in [6, 6.07) is 25.2. The SMILES string of the molecule is O=C(NCc1ccc(Cn2cncn2)cc1)c1ccc(COc2ccccc2)cc1. The molecular formula is C24H22N4O2. The Labute approximate surface area is 175 Å². The molecule has 0 radical (unpaired) electrons. The Balaban J connectivity index is 1.26. The summed E-state index contributed by atoms with van der Waals surface area (Å²) in [5.41, 5.74) is 3.81. The highest BCUT2D eigenvalue weighted by Crippen LogP contribution is 2.12. The number of hydrogen-bond donors (Lipinski definition) is 1. The second kappa shape index (κ2) is 9.52. The molecule has 0 saturated carbocycles. The summed E-state index contributed by atoms with van der Waals surface area (Å²) in [6.45, 7) is 1.61. The lowest BCUT2D eigenvalue weighted by atomic mass is 10.1. The van der Waals surface area contributed by atoms with Crippen molar-refractivity contribution in [3.63, 3.8) is 0 Å². The number of benzene rings is 3. The van der Waals surface area contributed by atoms with Gasteiger partial charge in [-0.25, -0.2) is 9.67 Å². The summed E-state index contributed by atoms with van der Waals surface area (Å²) < 4.78 is 7.50. The van der Waals surface area contributed by atoms with Crippen molar-refractivity contribution in [1.82, 2.24) is 20.1 Å². The molecule has 0 aliphatic carbocycles. The third-order valence-corrected chi connectivity index (χ3v) is 4.65. The molecule has 0 aliphatic rings. The number of aromatic nitrogens is 3. The van der Waals surface area contributed by atoms with Crippen molar-refractivity contribution in [2.45, 2.75) is 19.7 Å². The Morgan fingerprint density at radius 3 is 2.27 bits per heavy atom. The van der Waals surface area contributed by atoms with Crippen molar-refractivity contribution in [2.75, 3.05) is 0 Å². The largest absolute Gasteiger partial charge is 0.489 e. The number of carbonyl (C=O) groups is 1. The number of nitrogens with zero attached hydrogens (tertiary/aromatic N) is 3. The smallest absolute Gasteiger partial charge is 0.251 e.